The molecule has 0 radical (unpaired) electrons. The quantitative estimate of drug-likeness (QED) is 0.0379. The smallest absolute Gasteiger partial charge is 0.306 e. The molecule has 0 aliphatic carbocycles. The van der Waals surface area contributed by atoms with Crippen molar-refractivity contribution < 1.29 is 24.2 Å². The molecule has 0 bridgehead atoms. The number of aliphatic hydroxyl groups is 1. The first-order valence-corrected chi connectivity index (χ1v) is 23.8. The molecule has 56 heavy (non-hydrogen) atoms. The molecule has 0 spiro atoms. The van der Waals surface area contributed by atoms with Crippen molar-refractivity contribution in [2.45, 2.75) is 238 Å². The first-order valence-electron chi connectivity index (χ1n) is 23.8. The van der Waals surface area contributed by atoms with Gasteiger partial charge in [0.05, 0.1) is 6.61 Å². The van der Waals surface area contributed by atoms with Crippen LogP contribution in [0.25, 0.3) is 0 Å². The second kappa shape index (κ2) is 47.0. The number of aliphatic hydroxyl groups excluding tert-OH is 1. The molecule has 1 N–H and O–H groups in total. The molecule has 5 nitrogen and oxygen atoms in total. The molecule has 5 heteroatoms. The molecule has 1 unspecified atom stereocenters. The molecule has 0 fully saturated rings. The molecule has 0 aromatic carbocycles. The van der Waals surface area contributed by atoms with Crippen LogP contribution in [0, 0.1) is 0 Å². The van der Waals surface area contributed by atoms with E-state index in [0.717, 1.165) is 57.8 Å². The highest BCUT2D eigenvalue weighted by atomic mass is 16.6. The Hall–Kier alpha value is -2.40. The summed E-state index contributed by atoms with van der Waals surface area (Å²) in [5.74, 6) is -0.653. The second-order valence-corrected chi connectivity index (χ2v) is 15.8. The zero-order chi connectivity index (χ0) is 40.7. The van der Waals surface area contributed by atoms with Gasteiger partial charge in [-0.1, -0.05) is 229 Å². The number of ether oxygens (including phenoxy) is 2. The standard InChI is InChI=1S/C51H90O5/c1-3-5-7-9-11-13-15-17-19-21-22-23-24-25-26-27-28-30-31-33-35-37-39-41-43-45-50(53)55-48-49(47-52)56-51(54)46-44-42-40-38-36-34-32-29-20-18-16-14-12-10-8-6-4-2/h6,8,12,14,18,20,32,34,38,40,49,52H,3-5,7,9-11,13,15-17,19,21-31,33,35-37,39,41-48H2,1-2H3/b8-6-,14-12-,20-18-,34-32-,40-38-. The van der Waals surface area contributed by atoms with Crippen LogP contribution in [0.5, 0.6) is 0 Å². The zero-order valence-electron chi connectivity index (χ0n) is 36.9. The van der Waals surface area contributed by atoms with E-state index in [2.05, 4.69) is 74.6 Å². The molecule has 0 rings (SSSR count). The van der Waals surface area contributed by atoms with E-state index in [1.165, 1.54) is 141 Å². The van der Waals surface area contributed by atoms with Crippen molar-refractivity contribution in [1.82, 2.24) is 0 Å². The van der Waals surface area contributed by atoms with E-state index in [0.29, 0.717) is 12.8 Å². The number of rotatable bonds is 43. The highest BCUT2D eigenvalue weighted by Gasteiger charge is 2.16. The molecule has 0 saturated carbocycles. The van der Waals surface area contributed by atoms with Crippen LogP contribution in [0.3, 0.4) is 0 Å². The van der Waals surface area contributed by atoms with Gasteiger partial charge in [-0.25, -0.2) is 0 Å². The lowest BCUT2D eigenvalue weighted by molar-refractivity contribution is -0.161. The Balaban J connectivity index is 3.53. The summed E-state index contributed by atoms with van der Waals surface area (Å²) in [5, 5.41) is 9.59. The maximum atomic E-state index is 12.2. The van der Waals surface area contributed by atoms with Crippen LogP contribution >= 0.6 is 0 Å². The fraction of sp³-hybridized carbons (Fsp3) is 0.765. The minimum Gasteiger partial charge on any atom is -0.462 e. The Morgan fingerprint density at radius 2 is 0.768 bits per heavy atom. The Morgan fingerprint density at radius 1 is 0.429 bits per heavy atom. The average molecular weight is 783 g/mol. The number of esters is 2. The number of carbonyl (C=O) groups is 2. The average Bonchev–Trinajstić information content (AvgIpc) is 3.20. The number of carbonyl (C=O) groups excluding carboxylic acids is 2. The van der Waals surface area contributed by atoms with Crippen LogP contribution in [0.1, 0.15) is 232 Å². The van der Waals surface area contributed by atoms with Crippen LogP contribution in [-0.2, 0) is 19.1 Å². The SMILES string of the molecule is CC/C=C\C/C=C\C/C=C\C/C=C\C/C=C\CCCC(=O)OC(CO)COC(=O)CCCCCCCCCCCCCCCCCCCCCCCCCCC. The van der Waals surface area contributed by atoms with E-state index in [1.807, 2.05) is 0 Å². The molecule has 0 aromatic heterocycles. The maximum absolute atomic E-state index is 12.2. The van der Waals surface area contributed by atoms with Gasteiger partial charge >= 0.3 is 11.9 Å². The third kappa shape index (κ3) is 44.3. The topological polar surface area (TPSA) is 72.8 Å². The minimum absolute atomic E-state index is 0.0880. The normalized spacial score (nSPS) is 12.7. The molecule has 0 amide bonds. The van der Waals surface area contributed by atoms with Crippen molar-refractivity contribution in [3.8, 4) is 0 Å². The van der Waals surface area contributed by atoms with E-state index >= 15 is 0 Å². The fourth-order valence-electron chi connectivity index (χ4n) is 6.77. The summed E-state index contributed by atoms with van der Waals surface area (Å²) in [6.45, 7) is 4.00. The lowest BCUT2D eigenvalue weighted by atomic mass is 10.0. The minimum atomic E-state index is -0.802. The summed E-state index contributed by atoms with van der Waals surface area (Å²) in [4.78, 5) is 24.4. The van der Waals surface area contributed by atoms with E-state index in [4.69, 9.17) is 9.47 Å². The lowest BCUT2D eigenvalue weighted by Crippen LogP contribution is -2.28. The Kier molecular flexibility index (Phi) is 45.0. The second-order valence-electron chi connectivity index (χ2n) is 15.8. The molecule has 0 aromatic rings. The first-order chi connectivity index (χ1) is 27.6. The number of hydrogen-bond donors (Lipinski definition) is 1. The molecule has 1 atom stereocenters. The third-order valence-corrected chi connectivity index (χ3v) is 10.3. The van der Waals surface area contributed by atoms with Crippen LogP contribution in [0.4, 0.5) is 0 Å². The highest BCUT2D eigenvalue weighted by Crippen LogP contribution is 2.16. The van der Waals surface area contributed by atoms with Crippen molar-refractivity contribution in [1.29, 1.82) is 0 Å². The van der Waals surface area contributed by atoms with Crippen LogP contribution in [0.15, 0.2) is 60.8 Å². The summed E-state index contributed by atoms with van der Waals surface area (Å²) in [5.41, 5.74) is 0. The van der Waals surface area contributed by atoms with Gasteiger partial charge < -0.3 is 14.6 Å². The van der Waals surface area contributed by atoms with Gasteiger partial charge in [0.1, 0.15) is 6.61 Å². The van der Waals surface area contributed by atoms with Crippen molar-refractivity contribution in [2.24, 2.45) is 0 Å². The first kappa shape index (κ1) is 53.6. The zero-order valence-corrected chi connectivity index (χ0v) is 36.9. The summed E-state index contributed by atoms with van der Waals surface area (Å²) in [6.07, 6.45) is 61.8. The number of allylic oxidation sites excluding steroid dienone is 10. The van der Waals surface area contributed by atoms with Gasteiger partial charge in [0.15, 0.2) is 6.10 Å². The molecule has 0 aliphatic heterocycles. The van der Waals surface area contributed by atoms with Crippen LogP contribution < -0.4 is 0 Å². The van der Waals surface area contributed by atoms with E-state index in [9.17, 15) is 14.7 Å². The Bertz CT molecular complexity index is 977. The highest BCUT2D eigenvalue weighted by molar-refractivity contribution is 5.70. The number of hydrogen-bond acceptors (Lipinski definition) is 5. The molecular formula is C51H90O5. The molecule has 324 valence electrons. The van der Waals surface area contributed by atoms with Crippen molar-refractivity contribution in [2.75, 3.05) is 13.2 Å². The van der Waals surface area contributed by atoms with Gasteiger partial charge in [-0.3, -0.25) is 9.59 Å². The van der Waals surface area contributed by atoms with E-state index < -0.39 is 6.10 Å². The van der Waals surface area contributed by atoms with Crippen molar-refractivity contribution in [3.05, 3.63) is 60.8 Å². The molecular weight excluding hydrogens is 693 g/mol. The Morgan fingerprint density at radius 3 is 1.14 bits per heavy atom. The lowest BCUT2D eigenvalue weighted by Gasteiger charge is -2.15. The summed E-state index contributed by atoms with van der Waals surface area (Å²) in [7, 11) is 0. The van der Waals surface area contributed by atoms with Crippen molar-refractivity contribution >= 4 is 11.9 Å². The molecule has 0 saturated heterocycles. The predicted octanol–water partition coefficient (Wildman–Crippen LogP) is 15.5. The third-order valence-electron chi connectivity index (χ3n) is 10.3. The molecule has 0 heterocycles. The van der Waals surface area contributed by atoms with Crippen LogP contribution in [0.2, 0.25) is 0 Å². The summed E-state index contributed by atoms with van der Waals surface area (Å²) >= 11 is 0. The largest absolute Gasteiger partial charge is 0.462 e. The van der Waals surface area contributed by atoms with Gasteiger partial charge in [0.2, 0.25) is 0 Å². The molecule has 0 aliphatic rings. The maximum Gasteiger partial charge on any atom is 0.306 e. The van der Waals surface area contributed by atoms with Gasteiger partial charge in [-0.15, -0.1) is 0 Å². The van der Waals surface area contributed by atoms with Gasteiger partial charge in [-0.2, -0.15) is 0 Å². The fourth-order valence-corrected chi connectivity index (χ4v) is 6.77. The predicted molar refractivity (Wildman–Crippen MR) is 242 cm³/mol. The monoisotopic (exact) mass is 783 g/mol. The van der Waals surface area contributed by atoms with E-state index in [-0.39, 0.29) is 31.6 Å². The summed E-state index contributed by atoms with van der Waals surface area (Å²) < 4.78 is 10.6. The van der Waals surface area contributed by atoms with E-state index in [1.54, 1.807) is 0 Å². The van der Waals surface area contributed by atoms with Gasteiger partial charge in [0.25, 0.3) is 0 Å². The number of unbranched alkanes of at least 4 members (excludes halogenated alkanes) is 25. The Labute approximate surface area is 347 Å². The van der Waals surface area contributed by atoms with Crippen molar-refractivity contribution in [3.63, 3.8) is 0 Å². The van der Waals surface area contributed by atoms with Gasteiger partial charge in [-0.05, 0) is 51.4 Å². The summed E-state index contributed by atoms with van der Waals surface area (Å²) in [6, 6.07) is 0. The van der Waals surface area contributed by atoms with Crippen LogP contribution in [-0.4, -0.2) is 36.4 Å². The van der Waals surface area contributed by atoms with Gasteiger partial charge in [0, 0.05) is 12.8 Å².